The Morgan fingerprint density at radius 3 is 2.43 bits per heavy atom. The van der Waals surface area contributed by atoms with Gasteiger partial charge in [0.25, 0.3) is 0 Å². The third kappa shape index (κ3) is 3.81. The van der Waals surface area contributed by atoms with E-state index in [1.807, 2.05) is 0 Å². The normalized spacial score (nSPS) is 22.0. The summed E-state index contributed by atoms with van der Waals surface area (Å²) >= 11 is 0. The van der Waals surface area contributed by atoms with E-state index in [-0.39, 0.29) is 11.5 Å². The fourth-order valence-corrected chi connectivity index (χ4v) is 3.41. The Balaban J connectivity index is 1.97. The summed E-state index contributed by atoms with van der Waals surface area (Å²) in [6.07, 6.45) is 9.15. The lowest BCUT2D eigenvalue weighted by Gasteiger charge is -2.29. The first kappa shape index (κ1) is 15.9. The second-order valence-electron chi connectivity index (χ2n) is 6.16. The zero-order chi connectivity index (χ0) is 15.2. The van der Waals surface area contributed by atoms with E-state index in [1.165, 1.54) is 31.7 Å². The van der Waals surface area contributed by atoms with Crippen molar-refractivity contribution in [2.45, 2.75) is 64.2 Å². The molecule has 0 heterocycles. The van der Waals surface area contributed by atoms with Crippen LogP contribution in [0.25, 0.3) is 0 Å². The topological polar surface area (TPSA) is 23.8 Å². The van der Waals surface area contributed by atoms with E-state index in [0.29, 0.717) is 5.56 Å². The van der Waals surface area contributed by atoms with Gasteiger partial charge in [-0.05, 0) is 49.1 Å². The van der Waals surface area contributed by atoms with Gasteiger partial charge in [0, 0.05) is 0 Å². The van der Waals surface area contributed by atoms with Crippen LogP contribution in [0.5, 0.6) is 0 Å². The second-order valence-corrected chi connectivity index (χ2v) is 6.16. The fourth-order valence-electron chi connectivity index (χ4n) is 3.41. The first-order valence-electron chi connectivity index (χ1n) is 8.05. The summed E-state index contributed by atoms with van der Waals surface area (Å²) in [5, 5.41) is 8.72. The highest BCUT2D eigenvalue weighted by Gasteiger charge is 2.26. The minimum atomic E-state index is -0.986. The lowest BCUT2D eigenvalue weighted by Crippen LogP contribution is -2.15. The van der Waals surface area contributed by atoms with E-state index in [9.17, 15) is 8.78 Å². The molecule has 1 fully saturated rings. The molecule has 1 aliphatic carbocycles. The van der Waals surface area contributed by atoms with Gasteiger partial charge >= 0.3 is 0 Å². The Hall–Kier alpha value is -1.43. The summed E-state index contributed by atoms with van der Waals surface area (Å²) in [4.78, 5) is 0. The number of nitriles is 1. The lowest BCUT2D eigenvalue weighted by molar-refractivity contribution is 0.298. The Morgan fingerprint density at radius 1 is 1.10 bits per heavy atom. The quantitative estimate of drug-likeness (QED) is 0.639. The highest BCUT2D eigenvalue weighted by Crippen LogP contribution is 2.39. The van der Waals surface area contributed by atoms with Crippen molar-refractivity contribution in [3.05, 3.63) is 34.9 Å². The molecule has 1 aromatic carbocycles. The minimum absolute atomic E-state index is 0.106. The molecule has 0 amide bonds. The van der Waals surface area contributed by atoms with E-state index < -0.39 is 11.6 Å². The zero-order valence-corrected chi connectivity index (χ0v) is 12.7. The number of hydrogen-bond donors (Lipinski definition) is 0. The van der Waals surface area contributed by atoms with E-state index in [2.05, 4.69) is 6.92 Å². The van der Waals surface area contributed by atoms with Gasteiger partial charge in [0.2, 0.25) is 0 Å². The van der Waals surface area contributed by atoms with Crippen LogP contribution in [0.4, 0.5) is 8.78 Å². The molecule has 0 spiro atoms. The molecule has 1 nitrogen and oxygen atoms in total. The van der Waals surface area contributed by atoms with Gasteiger partial charge in [-0.3, -0.25) is 0 Å². The van der Waals surface area contributed by atoms with Gasteiger partial charge in [0.15, 0.2) is 11.6 Å². The fraction of sp³-hybridized carbons (Fsp3) is 0.611. The summed E-state index contributed by atoms with van der Waals surface area (Å²) < 4.78 is 27.8. The summed E-state index contributed by atoms with van der Waals surface area (Å²) in [7, 11) is 0. The van der Waals surface area contributed by atoms with Gasteiger partial charge in [-0.2, -0.15) is 5.26 Å². The lowest BCUT2D eigenvalue weighted by atomic mass is 9.76. The summed E-state index contributed by atoms with van der Waals surface area (Å²) in [5.41, 5.74) is 0.253. The van der Waals surface area contributed by atoms with Crippen LogP contribution in [0.2, 0.25) is 0 Å². The smallest absolute Gasteiger partial charge is 0.176 e. The van der Waals surface area contributed by atoms with E-state index in [4.69, 9.17) is 5.26 Å². The van der Waals surface area contributed by atoms with Crippen LogP contribution < -0.4 is 0 Å². The SMILES string of the molecule is CCCCCC1CCC(c2ccc(C#N)c(F)c2F)CC1. The third-order valence-electron chi connectivity index (χ3n) is 4.74. The monoisotopic (exact) mass is 291 g/mol. The van der Waals surface area contributed by atoms with Crippen molar-refractivity contribution in [2.24, 2.45) is 5.92 Å². The van der Waals surface area contributed by atoms with E-state index in [0.717, 1.165) is 31.6 Å². The third-order valence-corrected chi connectivity index (χ3v) is 4.74. The molecular formula is C18H23F2N. The highest BCUT2D eigenvalue weighted by atomic mass is 19.2. The summed E-state index contributed by atoms with van der Waals surface area (Å²) in [5.74, 6) is -0.947. The minimum Gasteiger partial charge on any atom is -0.203 e. The number of hydrogen-bond acceptors (Lipinski definition) is 1. The van der Waals surface area contributed by atoms with Crippen molar-refractivity contribution in [3.63, 3.8) is 0 Å². The van der Waals surface area contributed by atoms with Gasteiger partial charge < -0.3 is 0 Å². The van der Waals surface area contributed by atoms with Crippen LogP contribution in [0.1, 0.15) is 75.3 Å². The first-order valence-corrected chi connectivity index (χ1v) is 8.05. The first-order chi connectivity index (χ1) is 10.2. The molecule has 2 rings (SSSR count). The summed E-state index contributed by atoms with van der Waals surface area (Å²) in [6.45, 7) is 2.21. The van der Waals surface area contributed by atoms with Crippen molar-refractivity contribution in [3.8, 4) is 6.07 Å². The van der Waals surface area contributed by atoms with Crippen molar-refractivity contribution < 1.29 is 8.78 Å². The maximum absolute atomic E-state index is 14.1. The number of halogens is 2. The zero-order valence-electron chi connectivity index (χ0n) is 12.7. The van der Waals surface area contributed by atoms with Crippen molar-refractivity contribution in [1.82, 2.24) is 0 Å². The Bertz CT molecular complexity index is 511. The number of unbranched alkanes of at least 4 members (excludes halogenated alkanes) is 2. The van der Waals surface area contributed by atoms with Crippen LogP contribution >= 0.6 is 0 Å². The van der Waals surface area contributed by atoms with E-state index in [1.54, 1.807) is 12.1 Å². The molecule has 0 aromatic heterocycles. The molecule has 3 heteroatoms. The maximum atomic E-state index is 14.1. The van der Waals surface area contributed by atoms with Gasteiger partial charge in [0.05, 0.1) is 5.56 Å². The van der Waals surface area contributed by atoms with Crippen molar-refractivity contribution >= 4 is 0 Å². The number of rotatable bonds is 5. The Labute approximate surface area is 126 Å². The van der Waals surface area contributed by atoms with Crippen molar-refractivity contribution in [1.29, 1.82) is 5.26 Å². The molecule has 0 radical (unpaired) electrons. The molecule has 114 valence electrons. The standard InChI is InChI=1S/C18H23F2N/c1-2-3-4-5-13-6-8-14(9-7-13)16-11-10-15(12-21)17(19)18(16)20/h10-11,13-14H,2-9H2,1H3. The molecule has 0 saturated heterocycles. The summed E-state index contributed by atoms with van der Waals surface area (Å²) in [6, 6.07) is 4.69. The second kappa shape index (κ2) is 7.54. The molecule has 0 N–H and O–H groups in total. The van der Waals surface area contributed by atoms with Crippen LogP contribution in [0, 0.1) is 28.9 Å². The Kier molecular flexibility index (Phi) is 5.73. The van der Waals surface area contributed by atoms with Gasteiger partial charge in [-0.1, -0.05) is 38.7 Å². The maximum Gasteiger partial charge on any atom is 0.176 e. The molecular weight excluding hydrogens is 268 g/mol. The average molecular weight is 291 g/mol. The molecule has 1 saturated carbocycles. The Morgan fingerprint density at radius 2 is 1.81 bits per heavy atom. The largest absolute Gasteiger partial charge is 0.203 e. The molecule has 0 unspecified atom stereocenters. The van der Waals surface area contributed by atoms with Crippen molar-refractivity contribution in [2.75, 3.05) is 0 Å². The molecule has 0 bridgehead atoms. The molecule has 1 aliphatic rings. The van der Waals surface area contributed by atoms with Gasteiger partial charge in [-0.15, -0.1) is 0 Å². The van der Waals surface area contributed by atoms with Crippen LogP contribution in [-0.2, 0) is 0 Å². The van der Waals surface area contributed by atoms with Gasteiger partial charge in [-0.25, -0.2) is 8.78 Å². The van der Waals surface area contributed by atoms with Crippen LogP contribution in [-0.4, -0.2) is 0 Å². The number of benzene rings is 1. The number of nitrogens with zero attached hydrogens (tertiary/aromatic N) is 1. The average Bonchev–Trinajstić information content (AvgIpc) is 2.51. The molecule has 1 aromatic rings. The van der Waals surface area contributed by atoms with Gasteiger partial charge in [0.1, 0.15) is 6.07 Å². The molecule has 0 atom stereocenters. The van der Waals surface area contributed by atoms with Crippen LogP contribution in [0.15, 0.2) is 12.1 Å². The van der Waals surface area contributed by atoms with Crippen LogP contribution in [0.3, 0.4) is 0 Å². The predicted molar refractivity (Wildman–Crippen MR) is 79.9 cm³/mol. The molecule has 0 aliphatic heterocycles. The highest BCUT2D eigenvalue weighted by molar-refractivity contribution is 5.36. The predicted octanol–water partition coefficient (Wildman–Crippen LogP) is 5.69. The van der Waals surface area contributed by atoms with E-state index >= 15 is 0 Å². The molecule has 21 heavy (non-hydrogen) atoms.